The highest BCUT2D eigenvalue weighted by Crippen LogP contribution is 2.22. The maximum atomic E-state index is 12.4. The number of aryl methyl sites for hydroxylation is 1. The molecule has 0 unspecified atom stereocenters. The Labute approximate surface area is 157 Å². The molecular weight excluding hydrogens is 380 g/mol. The Morgan fingerprint density at radius 3 is 2.72 bits per heavy atom. The lowest BCUT2D eigenvalue weighted by Crippen LogP contribution is -2.19. The second-order valence-corrected chi connectivity index (χ2v) is 7.80. The fourth-order valence-electron chi connectivity index (χ4n) is 2.33. The molecule has 25 heavy (non-hydrogen) atoms. The van der Waals surface area contributed by atoms with Crippen molar-refractivity contribution in [2.24, 2.45) is 4.99 Å². The van der Waals surface area contributed by atoms with E-state index in [1.165, 1.54) is 22.7 Å². The Morgan fingerprint density at radius 2 is 2.00 bits per heavy atom. The Kier molecular flexibility index (Phi) is 5.67. The zero-order chi connectivity index (χ0) is 17.8. The molecule has 0 radical (unpaired) electrons. The molecule has 3 aromatic rings. The molecule has 0 aliphatic heterocycles. The second-order valence-electron chi connectivity index (χ2n) is 5.08. The second kappa shape index (κ2) is 7.95. The number of thiophene rings is 1. The summed E-state index contributed by atoms with van der Waals surface area (Å²) in [4.78, 5) is 29.4. The highest BCUT2D eigenvalue weighted by atomic mass is 35.5. The molecule has 2 heterocycles. The predicted octanol–water partition coefficient (Wildman–Crippen LogP) is 4.11. The molecule has 130 valence electrons. The lowest BCUT2D eigenvalue weighted by atomic mass is 10.3. The Hall–Kier alpha value is -1.96. The van der Waals surface area contributed by atoms with E-state index in [0.717, 1.165) is 10.2 Å². The van der Waals surface area contributed by atoms with Gasteiger partial charge in [-0.15, -0.1) is 11.3 Å². The summed E-state index contributed by atoms with van der Waals surface area (Å²) >= 11 is 8.50. The average Bonchev–Trinajstić information content (AvgIpc) is 3.17. The third-order valence-corrected chi connectivity index (χ3v) is 5.69. The maximum Gasteiger partial charge on any atom is 0.307 e. The number of esters is 1. The number of nitrogens with zero attached hydrogens (tertiary/aromatic N) is 2. The molecule has 0 atom stereocenters. The van der Waals surface area contributed by atoms with Crippen molar-refractivity contribution in [3.63, 3.8) is 0 Å². The van der Waals surface area contributed by atoms with Gasteiger partial charge in [0.05, 0.1) is 32.5 Å². The van der Waals surface area contributed by atoms with Gasteiger partial charge in [0.2, 0.25) is 0 Å². The molecule has 1 amide bonds. The number of para-hydroxylation sites is 1. The van der Waals surface area contributed by atoms with Crippen LogP contribution in [0.4, 0.5) is 0 Å². The number of fused-ring (bicyclic) bond motifs is 1. The van der Waals surface area contributed by atoms with Crippen LogP contribution in [0.5, 0.6) is 0 Å². The molecular formula is C17H15ClN2O3S2. The summed E-state index contributed by atoms with van der Waals surface area (Å²) in [6.45, 7) is 2.53. The van der Waals surface area contributed by atoms with Crippen LogP contribution in [-0.2, 0) is 16.1 Å². The van der Waals surface area contributed by atoms with Gasteiger partial charge < -0.3 is 9.30 Å². The Bertz CT molecular complexity index is 987. The lowest BCUT2D eigenvalue weighted by molar-refractivity contribution is -0.143. The van der Waals surface area contributed by atoms with Gasteiger partial charge in [0.25, 0.3) is 5.91 Å². The fraction of sp³-hybridized carbons (Fsp3) is 0.235. The van der Waals surface area contributed by atoms with Crippen molar-refractivity contribution in [2.75, 3.05) is 6.61 Å². The van der Waals surface area contributed by atoms with Gasteiger partial charge in [-0.1, -0.05) is 35.1 Å². The van der Waals surface area contributed by atoms with Gasteiger partial charge in [0.1, 0.15) is 0 Å². The van der Waals surface area contributed by atoms with Gasteiger partial charge in [-0.25, -0.2) is 0 Å². The topological polar surface area (TPSA) is 60.7 Å². The molecule has 0 bridgehead atoms. The van der Waals surface area contributed by atoms with E-state index < -0.39 is 0 Å². The smallest absolute Gasteiger partial charge is 0.307 e. The predicted molar refractivity (Wildman–Crippen MR) is 100 cm³/mol. The molecule has 0 spiro atoms. The molecule has 5 nitrogen and oxygen atoms in total. The highest BCUT2D eigenvalue weighted by Gasteiger charge is 2.12. The van der Waals surface area contributed by atoms with E-state index in [9.17, 15) is 9.59 Å². The minimum atomic E-state index is -0.339. The van der Waals surface area contributed by atoms with Crippen LogP contribution in [0.3, 0.4) is 0 Å². The third-order valence-electron chi connectivity index (χ3n) is 3.41. The van der Waals surface area contributed by atoms with E-state index in [-0.39, 0.29) is 18.3 Å². The normalized spacial score (nSPS) is 11.8. The zero-order valence-electron chi connectivity index (χ0n) is 13.4. The quantitative estimate of drug-likeness (QED) is 0.612. The zero-order valence-corrected chi connectivity index (χ0v) is 15.8. The molecule has 0 saturated heterocycles. The number of carbonyl (C=O) groups excluding carboxylic acids is 2. The largest absolute Gasteiger partial charge is 0.466 e. The van der Waals surface area contributed by atoms with E-state index in [1.807, 2.05) is 28.8 Å². The average molecular weight is 395 g/mol. The van der Waals surface area contributed by atoms with Crippen molar-refractivity contribution >= 4 is 56.4 Å². The number of amides is 1. The first-order chi connectivity index (χ1) is 12.1. The van der Waals surface area contributed by atoms with E-state index in [4.69, 9.17) is 16.3 Å². The van der Waals surface area contributed by atoms with Crippen LogP contribution in [0, 0.1) is 0 Å². The molecule has 3 rings (SSSR count). The number of hydrogen-bond donors (Lipinski definition) is 0. The number of rotatable bonds is 5. The first-order valence-corrected chi connectivity index (χ1v) is 9.68. The Morgan fingerprint density at radius 1 is 1.20 bits per heavy atom. The summed E-state index contributed by atoms with van der Waals surface area (Å²) in [6.07, 6.45) is 0.223. The van der Waals surface area contributed by atoms with Crippen LogP contribution < -0.4 is 4.80 Å². The highest BCUT2D eigenvalue weighted by molar-refractivity contribution is 7.18. The van der Waals surface area contributed by atoms with E-state index in [2.05, 4.69) is 4.99 Å². The van der Waals surface area contributed by atoms with E-state index in [1.54, 1.807) is 19.1 Å². The number of ether oxygens (including phenoxy) is 1. The lowest BCUT2D eigenvalue weighted by Gasteiger charge is -2.05. The SMILES string of the molecule is CCOC(=O)CCn1c(=NC(=O)c2ccc(Cl)s2)sc2ccccc21. The Balaban J connectivity index is 1.98. The van der Waals surface area contributed by atoms with Gasteiger partial charge in [-0.05, 0) is 31.2 Å². The molecule has 0 aliphatic carbocycles. The number of halogens is 1. The van der Waals surface area contributed by atoms with Gasteiger partial charge in [0.15, 0.2) is 4.80 Å². The van der Waals surface area contributed by atoms with Crippen molar-refractivity contribution in [1.29, 1.82) is 0 Å². The van der Waals surface area contributed by atoms with Crippen LogP contribution in [0.1, 0.15) is 23.0 Å². The van der Waals surface area contributed by atoms with Crippen molar-refractivity contribution in [3.8, 4) is 0 Å². The molecule has 2 aromatic heterocycles. The third kappa shape index (κ3) is 4.18. The van der Waals surface area contributed by atoms with E-state index >= 15 is 0 Å². The van der Waals surface area contributed by atoms with Crippen molar-refractivity contribution in [3.05, 3.63) is 50.4 Å². The van der Waals surface area contributed by atoms with Crippen molar-refractivity contribution in [2.45, 2.75) is 19.9 Å². The number of hydrogen-bond acceptors (Lipinski definition) is 5. The van der Waals surface area contributed by atoms with Crippen molar-refractivity contribution in [1.82, 2.24) is 4.57 Å². The van der Waals surface area contributed by atoms with Crippen LogP contribution in [0.25, 0.3) is 10.2 Å². The first-order valence-electron chi connectivity index (χ1n) is 7.67. The minimum absolute atomic E-state index is 0.223. The van der Waals surface area contributed by atoms with Crippen LogP contribution in [-0.4, -0.2) is 23.1 Å². The minimum Gasteiger partial charge on any atom is -0.466 e. The summed E-state index contributed by atoms with van der Waals surface area (Å²) in [5, 5.41) is 0. The molecule has 8 heteroatoms. The van der Waals surface area contributed by atoms with Crippen LogP contribution in [0.15, 0.2) is 41.4 Å². The number of thiazole rings is 1. The van der Waals surface area contributed by atoms with Gasteiger partial charge >= 0.3 is 5.97 Å². The molecule has 0 N–H and O–H groups in total. The number of carbonyl (C=O) groups is 2. The fourth-order valence-corrected chi connectivity index (χ4v) is 4.31. The van der Waals surface area contributed by atoms with Gasteiger partial charge in [-0.2, -0.15) is 4.99 Å². The molecule has 1 aromatic carbocycles. The first kappa shape index (κ1) is 17.8. The standard InChI is InChI=1S/C17H15ClN2O3S2/c1-2-23-15(21)9-10-20-11-5-3-4-6-12(11)25-17(20)19-16(22)13-7-8-14(18)24-13/h3-8H,2,9-10H2,1H3. The van der Waals surface area contributed by atoms with E-state index in [0.29, 0.717) is 27.2 Å². The van der Waals surface area contributed by atoms with Crippen LogP contribution in [0.2, 0.25) is 4.34 Å². The monoisotopic (exact) mass is 394 g/mol. The number of benzene rings is 1. The van der Waals surface area contributed by atoms with Gasteiger partial charge in [-0.3, -0.25) is 9.59 Å². The van der Waals surface area contributed by atoms with Crippen molar-refractivity contribution < 1.29 is 14.3 Å². The summed E-state index contributed by atoms with van der Waals surface area (Å²) in [7, 11) is 0. The summed E-state index contributed by atoms with van der Waals surface area (Å²) in [5.74, 6) is -0.610. The molecule has 0 fully saturated rings. The summed E-state index contributed by atoms with van der Waals surface area (Å²) in [5.41, 5.74) is 0.938. The summed E-state index contributed by atoms with van der Waals surface area (Å²) < 4.78 is 8.41. The molecule has 0 saturated carbocycles. The number of aromatic nitrogens is 1. The maximum absolute atomic E-state index is 12.4. The molecule has 0 aliphatic rings. The van der Waals surface area contributed by atoms with Gasteiger partial charge in [0, 0.05) is 6.54 Å². The summed E-state index contributed by atoms with van der Waals surface area (Å²) in [6, 6.07) is 11.1. The van der Waals surface area contributed by atoms with Crippen LogP contribution >= 0.6 is 34.3 Å².